The zero-order chi connectivity index (χ0) is 24.8. The average Bonchev–Trinajstić information content (AvgIpc) is 2.45. The topological polar surface area (TPSA) is 64.5 Å². The SMILES string of the molecule is [2H]C([2H])([2H])C([2H])([2H])[C@@]([2H])(NCCN[C@]([2H])(C([2H])([2H])O)C([2H])([2H])C([2H])([2H])[2H])C([2H])([2H])O. The van der Waals surface area contributed by atoms with E-state index in [1.165, 1.54) is 0 Å². The van der Waals surface area contributed by atoms with Crippen LogP contribution in [0.15, 0.2) is 0 Å². The van der Waals surface area contributed by atoms with E-state index in [9.17, 15) is 10.2 Å². The van der Waals surface area contributed by atoms with Gasteiger partial charge in [0.25, 0.3) is 0 Å². The molecule has 4 heteroatoms. The largest absolute Gasteiger partial charge is 0.395 e. The first-order valence-electron chi connectivity index (χ1n) is 11.7. The van der Waals surface area contributed by atoms with Crippen LogP contribution in [-0.4, -0.2) is 48.5 Å². The number of nitrogens with one attached hydrogen (secondary N) is 2. The third kappa shape index (κ3) is 6.32. The molecule has 0 aromatic rings. The highest BCUT2D eigenvalue weighted by atomic mass is 16.3. The Morgan fingerprint density at radius 2 is 1.57 bits per heavy atom. The minimum atomic E-state index is -3.76. The van der Waals surface area contributed by atoms with Crippen molar-refractivity contribution >= 4 is 0 Å². The zero-order valence-electron chi connectivity index (χ0n) is 23.3. The number of rotatable bonds is 9. The molecule has 0 fully saturated rings. The van der Waals surface area contributed by atoms with E-state index >= 15 is 0 Å². The fourth-order valence-corrected chi connectivity index (χ4v) is 0.598. The minimum Gasteiger partial charge on any atom is -0.395 e. The van der Waals surface area contributed by atoms with Crippen molar-refractivity contribution in [1.82, 2.24) is 10.6 Å². The molecule has 0 aliphatic heterocycles. The molecule has 0 bridgehead atoms. The summed E-state index contributed by atoms with van der Waals surface area (Å²) in [7, 11) is 0. The lowest BCUT2D eigenvalue weighted by molar-refractivity contribution is 0.229. The molecule has 0 aliphatic carbocycles. The molecule has 0 radical (unpaired) electrons. The maximum atomic E-state index is 9.56. The first-order valence-corrected chi connectivity index (χ1v) is 3.65. The lowest BCUT2D eigenvalue weighted by Crippen LogP contribution is -2.40. The molecular formula is C10H24N2O2. The van der Waals surface area contributed by atoms with Crippen LogP contribution < -0.4 is 10.6 Å². The summed E-state index contributed by atoms with van der Waals surface area (Å²) in [5, 5.41) is 22.7. The van der Waals surface area contributed by atoms with Gasteiger partial charge in [0, 0.05) is 41.6 Å². The molecule has 2 atom stereocenters. The summed E-state index contributed by atoms with van der Waals surface area (Å²) in [6.45, 7) is -16.4. The normalized spacial score (nSPS) is 42.7. The second-order valence-electron chi connectivity index (χ2n) is 2.08. The first-order chi connectivity index (χ1) is 12.7. The molecular weight excluding hydrogens is 180 g/mol. The summed E-state index contributed by atoms with van der Waals surface area (Å²) in [6.07, 6.45) is -7.34. The van der Waals surface area contributed by atoms with Gasteiger partial charge in [0.1, 0.15) is 0 Å². The zero-order valence-corrected chi connectivity index (χ0v) is 7.31. The highest BCUT2D eigenvalue weighted by Gasteiger charge is 2.04. The molecule has 0 spiro atoms. The van der Waals surface area contributed by atoms with Crippen molar-refractivity contribution < 1.29 is 32.1 Å². The second kappa shape index (κ2) is 9.40. The van der Waals surface area contributed by atoms with Crippen LogP contribution >= 0.6 is 0 Å². The van der Waals surface area contributed by atoms with Crippen molar-refractivity contribution in [3.05, 3.63) is 0 Å². The summed E-state index contributed by atoms with van der Waals surface area (Å²) >= 11 is 0. The third-order valence-electron chi connectivity index (χ3n) is 1.20. The fourth-order valence-electron chi connectivity index (χ4n) is 0.598. The molecule has 0 rings (SSSR count). The molecule has 0 aliphatic rings. The predicted molar refractivity (Wildman–Crippen MR) is 58.3 cm³/mol. The van der Waals surface area contributed by atoms with E-state index in [1.54, 1.807) is 10.6 Å². The molecule has 0 saturated carbocycles. The number of hydrogen-bond acceptors (Lipinski definition) is 4. The van der Waals surface area contributed by atoms with Crippen LogP contribution in [-0.2, 0) is 0 Å². The summed E-state index contributed by atoms with van der Waals surface area (Å²) in [4.78, 5) is 0. The quantitative estimate of drug-likeness (QED) is 0.403. The Morgan fingerprint density at radius 1 is 1.14 bits per heavy atom. The Hall–Kier alpha value is -0.160. The molecule has 14 heavy (non-hydrogen) atoms. The maximum Gasteiger partial charge on any atom is 0.0584 e. The van der Waals surface area contributed by atoms with Crippen molar-refractivity contribution in [2.45, 2.75) is 38.5 Å². The van der Waals surface area contributed by atoms with Crippen LogP contribution in [0.25, 0.3) is 0 Å². The first kappa shape index (κ1) is 2.74. The molecule has 0 amide bonds. The molecule has 0 aromatic heterocycles. The van der Waals surface area contributed by atoms with E-state index < -0.39 is 64.7 Å². The maximum absolute atomic E-state index is 9.56. The highest BCUT2D eigenvalue weighted by Crippen LogP contribution is 1.89. The highest BCUT2D eigenvalue weighted by molar-refractivity contribution is 4.67. The lowest BCUT2D eigenvalue weighted by atomic mass is 10.2. The van der Waals surface area contributed by atoms with Crippen LogP contribution in [0.1, 0.15) is 48.4 Å². The Morgan fingerprint density at radius 3 is 1.86 bits per heavy atom. The molecule has 0 saturated heterocycles. The van der Waals surface area contributed by atoms with Crippen molar-refractivity contribution in [1.29, 1.82) is 0 Å². The van der Waals surface area contributed by atoms with Crippen LogP contribution in [0.3, 0.4) is 0 Å². The van der Waals surface area contributed by atoms with E-state index in [1.807, 2.05) is 0 Å². The summed E-state index contributed by atoms with van der Waals surface area (Å²) in [5.74, 6) is 0. The van der Waals surface area contributed by atoms with E-state index in [0.29, 0.717) is 0 Å². The molecule has 4 N–H and O–H groups in total. The van der Waals surface area contributed by atoms with E-state index in [4.69, 9.17) is 21.9 Å². The van der Waals surface area contributed by atoms with Crippen molar-refractivity contribution in [2.75, 3.05) is 26.2 Å². The fraction of sp³-hybridized carbons (Fsp3) is 1.00. The lowest BCUT2D eigenvalue weighted by Gasteiger charge is -2.17. The van der Waals surface area contributed by atoms with E-state index in [-0.39, 0.29) is 0 Å². The predicted octanol–water partition coefficient (Wildman–Crippen LogP) is -0.293. The van der Waals surface area contributed by atoms with Gasteiger partial charge in [0.15, 0.2) is 0 Å². The Labute approximate surface area is 109 Å². The van der Waals surface area contributed by atoms with Gasteiger partial charge >= 0.3 is 0 Å². The molecule has 0 unspecified atom stereocenters. The number of hydrogen-bond donors (Lipinski definition) is 4. The van der Waals surface area contributed by atoms with Crippen LogP contribution in [0.4, 0.5) is 0 Å². The third-order valence-corrected chi connectivity index (χ3v) is 1.20. The number of aliphatic hydroxyl groups is 2. The molecule has 86 valence electrons. The van der Waals surface area contributed by atoms with Gasteiger partial charge in [-0.25, -0.2) is 0 Å². The van der Waals surface area contributed by atoms with Gasteiger partial charge in [-0.05, 0) is 12.7 Å². The van der Waals surface area contributed by atoms with Gasteiger partial charge in [0.05, 0.1) is 18.6 Å². The van der Waals surface area contributed by atoms with Gasteiger partial charge in [0.2, 0.25) is 0 Å². The van der Waals surface area contributed by atoms with E-state index in [2.05, 4.69) is 0 Å². The Kier molecular flexibility index (Phi) is 1.84. The van der Waals surface area contributed by atoms with Crippen LogP contribution in [0, 0.1) is 0 Å². The average molecular weight is 220 g/mol. The standard InChI is InChI=1S/C10H24N2O2/c1-3-9(7-13)11-5-6-12-10(4-2)8-14/h9-14H,3-8H2,1-2H3/t9-,10+/i1D3,2D3,3D2,4D2,7D2,8D2,9D,10D. The molecule has 0 heterocycles. The van der Waals surface area contributed by atoms with Crippen LogP contribution in [0.2, 0.25) is 0 Å². The summed E-state index contributed by atoms with van der Waals surface area (Å²) in [6, 6.07) is -7.03. The van der Waals surface area contributed by atoms with Gasteiger partial charge in [-0.2, -0.15) is 0 Å². The van der Waals surface area contributed by atoms with Crippen LogP contribution in [0.5, 0.6) is 0 Å². The minimum absolute atomic E-state index is 0.868. The second-order valence-corrected chi connectivity index (χ2v) is 2.08. The van der Waals surface area contributed by atoms with Crippen molar-refractivity contribution in [2.24, 2.45) is 0 Å². The molecule has 0 aromatic carbocycles. The van der Waals surface area contributed by atoms with Crippen molar-refractivity contribution in [3.8, 4) is 0 Å². The Bertz CT molecular complexity index is 541. The smallest absolute Gasteiger partial charge is 0.0584 e. The van der Waals surface area contributed by atoms with E-state index in [0.717, 1.165) is 0 Å². The molecule has 4 nitrogen and oxygen atoms in total. The van der Waals surface area contributed by atoms with Gasteiger partial charge in [-0.1, -0.05) is 13.7 Å². The Balaban J connectivity index is 5.77. The van der Waals surface area contributed by atoms with Gasteiger partial charge in [-0.3, -0.25) is 0 Å². The summed E-state index contributed by atoms with van der Waals surface area (Å²) < 4.78 is 118. The monoisotopic (exact) mass is 220 g/mol. The van der Waals surface area contributed by atoms with Crippen molar-refractivity contribution in [3.63, 3.8) is 0 Å². The van der Waals surface area contributed by atoms with Gasteiger partial charge in [-0.15, -0.1) is 0 Å². The van der Waals surface area contributed by atoms with Gasteiger partial charge < -0.3 is 20.8 Å². The summed E-state index contributed by atoms with van der Waals surface area (Å²) in [5.41, 5.74) is 0.